The maximum atomic E-state index is 12.5. The molecule has 2 heterocycles. The minimum Gasteiger partial charge on any atom is -0.319 e. The average molecular weight is 451 g/mol. The molecule has 3 rings (SSSR count). The topological polar surface area (TPSA) is 134 Å². The Morgan fingerprint density at radius 2 is 1.96 bits per heavy atom. The van der Waals surface area contributed by atoms with Crippen LogP contribution < -0.4 is 16.6 Å². The van der Waals surface area contributed by atoms with Gasteiger partial charge in [0.15, 0.2) is 15.9 Å². The molecule has 0 fully saturated rings. The number of nitrogens with one attached hydrogen (secondary N) is 1. The second-order valence-electron chi connectivity index (χ2n) is 6.17. The van der Waals surface area contributed by atoms with Crippen LogP contribution in [0.5, 0.6) is 0 Å². The van der Waals surface area contributed by atoms with Gasteiger partial charge >= 0.3 is 5.69 Å². The molecule has 1 N–H and O–H groups in total. The summed E-state index contributed by atoms with van der Waals surface area (Å²) in [6.07, 6.45) is 0. The number of carbonyl (C=O) groups is 1. The number of aromatic nitrogens is 4. The van der Waals surface area contributed by atoms with Gasteiger partial charge in [0.1, 0.15) is 12.2 Å². The van der Waals surface area contributed by atoms with Gasteiger partial charge in [-0.25, -0.2) is 9.78 Å². The molecule has 0 saturated heterocycles. The lowest BCUT2D eigenvalue weighted by Crippen LogP contribution is -2.37. The minimum atomic E-state index is -0.591. The first-order valence-corrected chi connectivity index (χ1v) is 8.77. The fourth-order valence-electron chi connectivity index (χ4n) is 2.83. The SMILES string of the molecule is Cc1ccc(NC(=O)Cn2c(Br)nc3c(=O)n(C)c(=O)n(C)c32)c([N+](=O)[O-])c1. The molecule has 0 aliphatic heterocycles. The van der Waals surface area contributed by atoms with Gasteiger partial charge in [-0.3, -0.25) is 33.4 Å². The van der Waals surface area contributed by atoms with Crippen LogP contribution >= 0.6 is 15.9 Å². The molecule has 0 radical (unpaired) electrons. The Morgan fingerprint density at radius 3 is 2.61 bits per heavy atom. The maximum absolute atomic E-state index is 12.5. The Kier molecular flexibility index (Phi) is 4.89. The first-order valence-electron chi connectivity index (χ1n) is 7.98. The standard InChI is InChI=1S/C16H15BrN6O5/c1-8-4-5-9(10(6-8)23(27)28)18-11(24)7-22-13-12(19-15(22)17)14(25)21(3)16(26)20(13)2/h4-6H,7H2,1-3H3,(H,18,24). The fourth-order valence-corrected chi connectivity index (χ4v) is 3.31. The quantitative estimate of drug-likeness (QED) is 0.358. The van der Waals surface area contributed by atoms with E-state index in [1.54, 1.807) is 13.0 Å². The highest BCUT2D eigenvalue weighted by Crippen LogP contribution is 2.25. The van der Waals surface area contributed by atoms with Gasteiger partial charge in [-0.05, 0) is 34.5 Å². The molecular weight excluding hydrogens is 436 g/mol. The lowest BCUT2D eigenvalue weighted by molar-refractivity contribution is -0.384. The van der Waals surface area contributed by atoms with Gasteiger partial charge < -0.3 is 5.32 Å². The molecule has 0 atom stereocenters. The summed E-state index contributed by atoms with van der Waals surface area (Å²) in [5, 5.41) is 13.7. The van der Waals surface area contributed by atoms with E-state index < -0.39 is 22.1 Å². The number of halogens is 1. The summed E-state index contributed by atoms with van der Waals surface area (Å²) in [6.45, 7) is 1.39. The normalized spacial score (nSPS) is 11.0. The number of aryl methyl sites for hydroxylation is 2. The second kappa shape index (κ2) is 7.03. The van der Waals surface area contributed by atoms with Crippen LogP contribution in [0.2, 0.25) is 0 Å². The average Bonchev–Trinajstić information content (AvgIpc) is 2.96. The van der Waals surface area contributed by atoms with Crippen LogP contribution in [-0.4, -0.2) is 29.5 Å². The summed E-state index contributed by atoms with van der Waals surface area (Å²) in [6, 6.07) is 4.43. The van der Waals surface area contributed by atoms with Gasteiger partial charge in [0.05, 0.1) is 4.92 Å². The van der Waals surface area contributed by atoms with Crippen molar-refractivity contribution >= 4 is 44.4 Å². The van der Waals surface area contributed by atoms with Crippen molar-refractivity contribution in [2.75, 3.05) is 5.32 Å². The number of carbonyl (C=O) groups excluding carboxylic acids is 1. The zero-order valence-electron chi connectivity index (χ0n) is 15.1. The van der Waals surface area contributed by atoms with Crippen molar-refractivity contribution in [3.8, 4) is 0 Å². The molecule has 1 amide bonds. The first kappa shape index (κ1) is 19.5. The van der Waals surface area contributed by atoms with Gasteiger partial charge in [-0.1, -0.05) is 6.07 Å². The van der Waals surface area contributed by atoms with Crippen molar-refractivity contribution < 1.29 is 9.72 Å². The Morgan fingerprint density at radius 1 is 1.29 bits per heavy atom. The first-order chi connectivity index (χ1) is 13.1. The molecule has 28 heavy (non-hydrogen) atoms. The van der Waals surface area contributed by atoms with Crippen LogP contribution in [0.25, 0.3) is 11.2 Å². The highest BCUT2D eigenvalue weighted by molar-refractivity contribution is 9.10. The van der Waals surface area contributed by atoms with Gasteiger partial charge in [0.2, 0.25) is 5.91 Å². The number of rotatable bonds is 4. The van der Waals surface area contributed by atoms with E-state index in [0.717, 1.165) is 4.57 Å². The summed E-state index contributed by atoms with van der Waals surface area (Å²) in [5.41, 5.74) is -0.485. The number of nitro groups is 1. The molecule has 0 aliphatic rings. The van der Waals surface area contributed by atoms with E-state index in [9.17, 15) is 24.5 Å². The van der Waals surface area contributed by atoms with Crippen molar-refractivity contribution in [2.45, 2.75) is 13.5 Å². The number of anilines is 1. The monoisotopic (exact) mass is 450 g/mol. The summed E-state index contributed by atoms with van der Waals surface area (Å²) in [4.78, 5) is 51.7. The predicted molar refractivity (Wildman–Crippen MR) is 104 cm³/mol. The number of imidazole rings is 1. The number of fused-ring (bicyclic) bond motifs is 1. The molecule has 0 spiro atoms. The molecular formula is C16H15BrN6O5. The zero-order valence-corrected chi connectivity index (χ0v) is 16.7. The van der Waals surface area contributed by atoms with Gasteiger partial charge in [-0.2, -0.15) is 0 Å². The molecule has 0 unspecified atom stereocenters. The highest BCUT2D eigenvalue weighted by Gasteiger charge is 2.21. The maximum Gasteiger partial charge on any atom is 0.332 e. The van der Waals surface area contributed by atoms with E-state index in [1.165, 1.54) is 35.4 Å². The third-order valence-electron chi connectivity index (χ3n) is 4.22. The Hall–Kier alpha value is -3.28. The van der Waals surface area contributed by atoms with E-state index in [2.05, 4.69) is 26.2 Å². The fraction of sp³-hybridized carbons (Fsp3) is 0.250. The number of benzene rings is 1. The Bertz CT molecular complexity index is 1260. The van der Waals surface area contributed by atoms with E-state index in [4.69, 9.17) is 0 Å². The molecule has 2 aromatic heterocycles. The van der Waals surface area contributed by atoms with Crippen molar-refractivity contribution in [3.05, 3.63) is 59.4 Å². The van der Waals surface area contributed by atoms with Crippen LogP contribution in [-0.2, 0) is 25.4 Å². The lowest BCUT2D eigenvalue weighted by Gasteiger charge is -2.10. The molecule has 0 aliphatic carbocycles. The highest BCUT2D eigenvalue weighted by atomic mass is 79.9. The number of hydrogen-bond acceptors (Lipinski definition) is 6. The molecule has 3 aromatic rings. The van der Waals surface area contributed by atoms with Gasteiger partial charge in [-0.15, -0.1) is 0 Å². The van der Waals surface area contributed by atoms with Crippen LogP contribution in [0.3, 0.4) is 0 Å². The number of amides is 1. The third-order valence-corrected chi connectivity index (χ3v) is 4.82. The smallest absolute Gasteiger partial charge is 0.319 e. The van der Waals surface area contributed by atoms with E-state index in [1.807, 2.05) is 0 Å². The summed E-state index contributed by atoms with van der Waals surface area (Å²) < 4.78 is 3.64. The molecule has 0 saturated carbocycles. The number of nitro benzene ring substituents is 1. The van der Waals surface area contributed by atoms with Crippen molar-refractivity contribution in [1.82, 2.24) is 18.7 Å². The van der Waals surface area contributed by atoms with Crippen molar-refractivity contribution in [3.63, 3.8) is 0 Å². The largest absolute Gasteiger partial charge is 0.332 e. The van der Waals surface area contributed by atoms with Crippen LogP contribution in [0, 0.1) is 17.0 Å². The van der Waals surface area contributed by atoms with E-state index in [-0.39, 0.29) is 33.8 Å². The van der Waals surface area contributed by atoms with Crippen molar-refractivity contribution in [1.29, 1.82) is 0 Å². The summed E-state index contributed by atoms with van der Waals surface area (Å²) in [5.74, 6) is -0.583. The number of nitrogens with zero attached hydrogens (tertiary/aromatic N) is 5. The number of hydrogen-bond donors (Lipinski definition) is 1. The molecule has 146 valence electrons. The third kappa shape index (κ3) is 3.22. The van der Waals surface area contributed by atoms with E-state index >= 15 is 0 Å². The van der Waals surface area contributed by atoms with Crippen LogP contribution in [0.4, 0.5) is 11.4 Å². The van der Waals surface area contributed by atoms with Crippen LogP contribution in [0.15, 0.2) is 32.5 Å². The summed E-state index contributed by atoms with van der Waals surface area (Å²) in [7, 11) is 2.79. The minimum absolute atomic E-state index is 0.0191. The van der Waals surface area contributed by atoms with Gasteiger partial charge in [0, 0.05) is 20.2 Å². The molecule has 11 nitrogen and oxygen atoms in total. The molecule has 1 aromatic carbocycles. The predicted octanol–water partition coefficient (Wildman–Crippen LogP) is 1.05. The summed E-state index contributed by atoms with van der Waals surface area (Å²) >= 11 is 3.19. The Labute approximate surface area is 165 Å². The second-order valence-corrected chi connectivity index (χ2v) is 6.88. The molecule has 12 heteroatoms. The van der Waals surface area contributed by atoms with Crippen molar-refractivity contribution in [2.24, 2.45) is 14.1 Å². The van der Waals surface area contributed by atoms with Gasteiger partial charge in [0.25, 0.3) is 11.2 Å². The lowest BCUT2D eigenvalue weighted by atomic mass is 10.2. The van der Waals surface area contributed by atoms with Crippen LogP contribution in [0.1, 0.15) is 5.56 Å². The van der Waals surface area contributed by atoms with E-state index in [0.29, 0.717) is 5.56 Å². The molecule has 0 bridgehead atoms. The zero-order chi connectivity index (χ0) is 20.7. The Balaban J connectivity index is 2.02.